The Bertz CT molecular complexity index is 156. The molecule has 2 unspecified atom stereocenters. The summed E-state index contributed by atoms with van der Waals surface area (Å²) in [4.78, 5) is 0. The second kappa shape index (κ2) is 5.72. The minimum Gasteiger partial charge on any atom is -0.379 e. The van der Waals surface area contributed by atoms with Crippen LogP contribution in [-0.2, 0) is 0 Å². The van der Waals surface area contributed by atoms with Gasteiger partial charge in [0.2, 0.25) is 0 Å². The molecule has 0 bridgehead atoms. The van der Waals surface area contributed by atoms with Crippen molar-refractivity contribution in [3.05, 3.63) is 0 Å². The minimum atomic E-state index is -0.255. The molecular formula is C12H25NO. The second-order valence-electron chi connectivity index (χ2n) is 5.04. The van der Waals surface area contributed by atoms with Gasteiger partial charge in [-0.25, -0.2) is 0 Å². The van der Waals surface area contributed by atoms with Crippen molar-refractivity contribution in [2.24, 2.45) is 11.8 Å². The van der Waals surface area contributed by atoms with Gasteiger partial charge in [0.05, 0.1) is 0 Å². The molecule has 1 saturated heterocycles. The van der Waals surface area contributed by atoms with E-state index in [1.54, 1.807) is 0 Å². The monoisotopic (exact) mass is 199 g/mol. The van der Waals surface area contributed by atoms with Gasteiger partial charge in [0.15, 0.2) is 0 Å². The number of hydrogen-bond donors (Lipinski definition) is 2. The summed E-state index contributed by atoms with van der Waals surface area (Å²) >= 11 is 0. The van der Waals surface area contributed by atoms with Crippen molar-refractivity contribution in [1.82, 2.24) is 5.32 Å². The van der Waals surface area contributed by atoms with E-state index >= 15 is 0 Å². The van der Waals surface area contributed by atoms with Gasteiger partial charge in [-0.15, -0.1) is 0 Å². The number of aliphatic hydroxyl groups excluding tert-OH is 1. The van der Waals surface area contributed by atoms with Crippen LogP contribution in [0.3, 0.4) is 0 Å². The van der Waals surface area contributed by atoms with Gasteiger partial charge in [0.25, 0.3) is 0 Å². The molecule has 0 amide bonds. The molecule has 2 nitrogen and oxygen atoms in total. The molecule has 14 heavy (non-hydrogen) atoms. The molecule has 0 radical (unpaired) electrons. The van der Waals surface area contributed by atoms with Crippen molar-refractivity contribution >= 4 is 0 Å². The van der Waals surface area contributed by atoms with Crippen molar-refractivity contribution in [2.75, 3.05) is 0 Å². The highest BCUT2D eigenvalue weighted by Crippen LogP contribution is 2.27. The fourth-order valence-electron chi connectivity index (χ4n) is 2.56. The summed E-state index contributed by atoms with van der Waals surface area (Å²) in [6, 6.07) is 0.547. The lowest BCUT2D eigenvalue weighted by molar-refractivity contribution is 0.0507. The number of rotatable bonds is 4. The van der Waals surface area contributed by atoms with E-state index in [0.717, 1.165) is 18.3 Å². The van der Waals surface area contributed by atoms with Gasteiger partial charge >= 0.3 is 0 Å². The van der Waals surface area contributed by atoms with Crippen LogP contribution in [0.25, 0.3) is 0 Å². The third-order valence-corrected chi connectivity index (χ3v) is 3.16. The normalized spacial score (nSPS) is 33.6. The van der Waals surface area contributed by atoms with E-state index in [1.165, 1.54) is 25.7 Å². The first-order valence-corrected chi connectivity index (χ1v) is 6.07. The average molecular weight is 199 g/mol. The van der Waals surface area contributed by atoms with Crippen LogP contribution in [0.5, 0.6) is 0 Å². The Hall–Kier alpha value is -0.0800. The third kappa shape index (κ3) is 3.58. The highest BCUT2D eigenvalue weighted by Gasteiger charge is 2.28. The molecular weight excluding hydrogens is 174 g/mol. The fourth-order valence-corrected chi connectivity index (χ4v) is 2.56. The lowest BCUT2D eigenvalue weighted by Crippen LogP contribution is -2.47. The Morgan fingerprint density at radius 3 is 2.64 bits per heavy atom. The Balaban J connectivity index is 2.44. The maximum Gasteiger partial charge on any atom is 0.105 e. The van der Waals surface area contributed by atoms with Crippen LogP contribution in [-0.4, -0.2) is 17.4 Å². The van der Waals surface area contributed by atoms with Crippen LogP contribution in [0.2, 0.25) is 0 Å². The predicted molar refractivity (Wildman–Crippen MR) is 60.0 cm³/mol. The number of nitrogens with one attached hydrogen (secondary N) is 1. The zero-order chi connectivity index (χ0) is 10.6. The highest BCUT2D eigenvalue weighted by atomic mass is 16.3. The van der Waals surface area contributed by atoms with E-state index in [-0.39, 0.29) is 6.23 Å². The van der Waals surface area contributed by atoms with Gasteiger partial charge in [-0.2, -0.15) is 0 Å². The molecule has 0 aromatic heterocycles. The first kappa shape index (κ1) is 12.0. The zero-order valence-corrected chi connectivity index (χ0v) is 9.79. The average Bonchev–Trinajstić information content (AvgIpc) is 2.09. The molecule has 1 heterocycles. The standard InChI is InChI=1S/C12H25NO/c1-4-5-11-10(8-9(2)3)6-7-12(14)13-11/h9-14H,4-8H2,1-3H3/t10?,11?,12-/m0/s1. The van der Waals surface area contributed by atoms with Crippen LogP contribution >= 0.6 is 0 Å². The van der Waals surface area contributed by atoms with E-state index in [1.807, 2.05) is 0 Å². The molecule has 3 atom stereocenters. The Kier molecular flexibility index (Phi) is 4.90. The van der Waals surface area contributed by atoms with E-state index < -0.39 is 0 Å². The maximum atomic E-state index is 9.55. The lowest BCUT2D eigenvalue weighted by Gasteiger charge is -2.36. The molecule has 0 spiro atoms. The van der Waals surface area contributed by atoms with Gasteiger partial charge in [-0.05, 0) is 37.5 Å². The maximum absolute atomic E-state index is 9.55. The van der Waals surface area contributed by atoms with Gasteiger partial charge in [-0.1, -0.05) is 27.2 Å². The quantitative estimate of drug-likeness (QED) is 0.729. The van der Waals surface area contributed by atoms with Gasteiger partial charge < -0.3 is 5.11 Å². The number of hydrogen-bond acceptors (Lipinski definition) is 2. The summed E-state index contributed by atoms with van der Waals surface area (Å²) in [5.41, 5.74) is 0. The summed E-state index contributed by atoms with van der Waals surface area (Å²) in [6.45, 7) is 6.79. The van der Waals surface area contributed by atoms with E-state index in [0.29, 0.717) is 6.04 Å². The minimum absolute atomic E-state index is 0.255. The first-order chi connectivity index (χ1) is 6.63. The van der Waals surface area contributed by atoms with Crippen LogP contribution in [0.1, 0.15) is 52.9 Å². The van der Waals surface area contributed by atoms with Gasteiger partial charge in [-0.3, -0.25) is 5.32 Å². The zero-order valence-electron chi connectivity index (χ0n) is 9.79. The van der Waals surface area contributed by atoms with E-state index in [9.17, 15) is 5.11 Å². The van der Waals surface area contributed by atoms with Crippen molar-refractivity contribution in [1.29, 1.82) is 0 Å². The van der Waals surface area contributed by atoms with Crippen molar-refractivity contribution in [2.45, 2.75) is 65.1 Å². The largest absolute Gasteiger partial charge is 0.379 e. The summed E-state index contributed by atoms with van der Waals surface area (Å²) in [5, 5.41) is 12.9. The number of piperidine rings is 1. The summed E-state index contributed by atoms with van der Waals surface area (Å²) in [7, 11) is 0. The predicted octanol–water partition coefficient (Wildman–Crippen LogP) is 2.52. The molecule has 0 aliphatic carbocycles. The molecule has 1 aliphatic rings. The van der Waals surface area contributed by atoms with Crippen molar-refractivity contribution < 1.29 is 5.11 Å². The Morgan fingerprint density at radius 1 is 1.36 bits per heavy atom. The molecule has 2 heteroatoms. The third-order valence-electron chi connectivity index (χ3n) is 3.16. The SMILES string of the molecule is CCCC1N[C@@H](O)CCC1CC(C)C. The summed E-state index contributed by atoms with van der Waals surface area (Å²) in [5.74, 6) is 1.55. The van der Waals surface area contributed by atoms with Crippen molar-refractivity contribution in [3.63, 3.8) is 0 Å². The van der Waals surface area contributed by atoms with E-state index in [4.69, 9.17) is 0 Å². The molecule has 0 saturated carbocycles. The molecule has 1 rings (SSSR count). The molecule has 0 aromatic carbocycles. The number of aliphatic hydroxyl groups is 1. The molecule has 0 aromatic rings. The van der Waals surface area contributed by atoms with Gasteiger partial charge in [0, 0.05) is 6.04 Å². The van der Waals surface area contributed by atoms with Crippen LogP contribution in [0, 0.1) is 11.8 Å². The topological polar surface area (TPSA) is 32.3 Å². The van der Waals surface area contributed by atoms with E-state index in [2.05, 4.69) is 26.1 Å². The van der Waals surface area contributed by atoms with Crippen LogP contribution in [0.4, 0.5) is 0 Å². The molecule has 1 fully saturated rings. The molecule has 84 valence electrons. The molecule has 2 N–H and O–H groups in total. The van der Waals surface area contributed by atoms with Crippen molar-refractivity contribution in [3.8, 4) is 0 Å². The van der Waals surface area contributed by atoms with Crippen LogP contribution < -0.4 is 5.32 Å². The summed E-state index contributed by atoms with van der Waals surface area (Å²) < 4.78 is 0. The van der Waals surface area contributed by atoms with Gasteiger partial charge in [0.1, 0.15) is 6.23 Å². The fraction of sp³-hybridized carbons (Fsp3) is 1.00. The molecule has 1 aliphatic heterocycles. The lowest BCUT2D eigenvalue weighted by atomic mass is 9.82. The first-order valence-electron chi connectivity index (χ1n) is 6.07. The second-order valence-corrected chi connectivity index (χ2v) is 5.04. The highest BCUT2D eigenvalue weighted by molar-refractivity contribution is 4.83. The van der Waals surface area contributed by atoms with Crippen LogP contribution in [0.15, 0.2) is 0 Å². The Labute approximate surface area is 88.1 Å². The Morgan fingerprint density at radius 2 is 2.07 bits per heavy atom. The smallest absolute Gasteiger partial charge is 0.105 e. The summed E-state index contributed by atoms with van der Waals surface area (Å²) in [6.07, 6.45) is 5.57.